The molecular weight excluding hydrogens is 306 g/mol. The molecule has 24 heavy (non-hydrogen) atoms. The van der Waals surface area contributed by atoms with E-state index in [0.29, 0.717) is 11.8 Å². The number of aromatic amines is 1. The third-order valence-corrected chi connectivity index (χ3v) is 4.51. The molecule has 1 fully saturated rings. The van der Waals surface area contributed by atoms with Gasteiger partial charge in [0.25, 0.3) is 0 Å². The number of hydrogen-bond donors (Lipinski definition) is 2. The zero-order chi connectivity index (χ0) is 16.9. The number of hydrogen-bond acceptors (Lipinski definition) is 4. The second-order valence-electron chi connectivity index (χ2n) is 6.24. The molecular formula is C18H23N3O3. The topological polar surface area (TPSA) is 78.5 Å². The Labute approximate surface area is 141 Å². The maximum absolute atomic E-state index is 10.8. The number of carboxylic acids is 1. The molecule has 0 aliphatic carbocycles. The van der Waals surface area contributed by atoms with Gasteiger partial charge < -0.3 is 9.84 Å². The molecule has 1 aliphatic rings. The van der Waals surface area contributed by atoms with Crippen molar-refractivity contribution in [3.05, 3.63) is 47.3 Å². The van der Waals surface area contributed by atoms with E-state index in [9.17, 15) is 4.79 Å². The molecule has 2 heterocycles. The number of para-hydroxylation sites is 1. The zero-order valence-corrected chi connectivity index (χ0v) is 13.9. The van der Waals surface area contributed by atoms with Crippen LogP contribution in [0.5, 0.6) is 5.75 Å². The van der Waals surface area contributed by atoms with Gasteiger partial charge in [0.15, 0.2) is 6.61 Å². The number of aliphatic carboxylic acids is 1. The monoisotopic (exact) mass is 329 g/mol. The van der Waals surface area contributed by atoms with Crippen LogP contribution in [-0.2, 0) is 11.3 Å². The second-order valence-corrected chi connectivity index (χ2v) is 6.24. The maximum atomic E-state index is 10.8. The van der Waals surface area contributed by atoms with Crippen molar-refractivity contribution >= 4 is 5.97 Å². The van der Waals surface area contributed by atoms with Crippen LogP contribution in [0.3, 0.4) is 0 Å². The van der Waals surface area contributed by atoms with E-state index >= 15 is 0 Å². The molecule has 0 unspecified atom stereocenters. The predicted octanol–water partition coefficient (Wildman–Crippen LogP) is 2.91. The molecule has 1 aromatic heterocycles. The minimum atomic E-state index is -0.964. The zero-order valence-electron chi connectivity index (χ0n) is 13.9. The summed E-state index contributed by atoms with van der Waals surface area (Å²) in [6.07, 6.45) is 5.34. The molecule has 2 aromatic rings. The number of carboxylic acid groups (broad SMARTS) is 1. The van der Waals surface area contributed by atoms with Gasteiger partial charge in [-0.2, -0.15) is 5.10 Å². The quantitative estimate of drug-likeness (QED) is 0.852. The fourth-order valence-electron chi connectivity index (χ4n) is 3.33. The SMILES string of the molecule is Cc1cn[nH]c1[C@H]1CCCCN1Cc1ccccc1OCC(=O)O. The van der Waals surface area contributed by atoms with E-state index in [1.165, 1.54) is 24.1 Å². The van der Waals surface area contributed by atoms with Crippen molar-refractivity contribution in [3.63, 3.8) is 0 Å². The number of ether oxygens (including phenoxy) is 1. The van der Waals surface area contributed by atoms with Crippen LogP contribution in [0, 0.1) is 6.92 Å². The number of carbonyl (C=O) groups is 1. The van der Waals surface area contributed by atoms with Crippen LogP contribution in [0.2, 0.25) is 0 Å². The van der Waals surface area contributed by atoms with Gasteiger partial charge in [0.1, 0.15) is 5.75 Å². The summed E-state index contributed by atoms with van der Waals surface area (Å²) in [6, 6.07) is 7.98. The normalized spacial score (nSPS) is 18.5. The third-order valence-electron chi connectivity index (χ3n) is 4.51. The van der Waals surface area contributed by atoms with Crippen LogP contribution in [0.4, 0.5) is 0 Å². The van der Waals surface area contributed by atoms with Crippen LogP contribution in [0.15, 0.2) is 30.5 Å². The minimum absolute atomic E-state index is 0.314. The highest BCUT2D eigenvalue weighted by atomic mass is 16.5. The number of nitrogens with one attached hydrogen (secondary N) is 1. The van der Waals surface area contributed by atoms with Gasteiger partial charge in [-0.25, -0.2) is 4.79 Å². The molecule has 0 amide bonds. The number of rotatable bonds is 6. The number of H-pyrrole nitrogens is 1. The van der Waals surface area contributed by atoms with Crippen molar-refractivity contribution in [2.24, 2.45) is 0 Å². The van der Waals surface area contributed by atoms with Crippen LogP contribution in [-0.4, -0.2) is 39.3 Å². The summed E-state index contributed by atoms with van der Waals surface area (Å²) in [7, 11) is 0. The minimum Gasteiger partial charge on any atom is -0.482 e. The molecule has 0 saturated carbocycles. The van der Waals surface area contributed by atoms with E-state index < -0.39 is 5.97 Å². The van der Waals surface area contributed by atoms with Gasteiger partial charge in [0, 0.05) is 12.1 Å². The molecule has 1 atom stereocenters. The average molecular weight is 329 g/mol. The van der Waals surface area contributed by atoms with E-state index in [4.69, 9.17) is 9.84 Å². The summed E-state index contributed by atoms with van der Waals surface area (Å²) < 4.78 is 5.44. The Morgan fingerprint density at radius 3 is 3.00 bits per heavy atom. The molecule has 3 rings (SSSR count). The lowest BCUT2D eigenvalue weighted by atomic mass is 9.96. The van der Waals surface area contributed by atoms with Crippen molar-refractivity contribution in [1.29, 1.82) is 0 Å². The van der Waals surface area contributed by atoms with Gasteiger partial charge >= 0.3 is 5.97 Å². The first-order chi connectivity index (χ1) is 11.6. The molecule has 2 N–H and O–H groups in total. The average Bonchev–Trinajstić information content (AvgIpc) is 3.00. The van der Waals surface area contributed by atoms with Crippen LogP contribution < -0.4 is 4.74 Å². The first-order valence-electron chi connectivity index (χ1n) is 8.31. The second kappa shape index (κ2) is 7.49. The lowest BCUT2D eigenvalue weighted by Gasteiger charge is -2.35. The maximum Gasteiger partial charge on any atom is 0.341 e. The largest absolute Gasteiger partial charge is 0.482 e. The predicted molar refractivity (Wildman–Crippen MR) is 89.9 cm³/mol. The van der Waals surface area contributed by atoms with Crippen LogP contribution in [0.1, 0.15) is 42.1 Å². The highest BCUT2D eigenvalue weighted by Crippen LogP contribution is 2.33. The molecule has 1 aliphatic heterocycles. The van der Waals surface area contributed by atoms with E-state index in [1.807, 2.05) is 30.5 Å². The Bertz CT molecular complexity index is 698. The number of benzene rings is 1. The summed E-state index contributed by atoms with van der Waals surface area (Å²) in [4.78, 5) is 13.2. The first kappa shape index (κ1) is 16.5. The molecule has 6 nitrogen and oxygen atoms in total. The molecule has 1 aromatic carbocycles. The smallest absolute Gasteiger partial charge is 0.341 e. The van der Waals surface area contributed by atoms with E-state index in [0.717, 1.165) is 25.1 Å². The van der Waals surface area contributed by atoms with Crippen molar-refractivity contribution in [2.75, 3.05) is 13.2 Å². The van der Waals surface area contributed by atoms with Crippen LogP contribution >= 0.6 is 0 Å². The van der Waals surface area contributed by atoms with Gasteiger partial charge in [-0.15, -0.1) is 0 Å². The van der Waals surface area contributed by atoms with Crippen LogP contribution in [0.25, 0.3) is 0 Å². The Morgan fingerprint density at radius 1 is 1.42 bits per heavy atom. The highest BCUT2D eigenvalue weighted by molar-refractivity contribution is 5.68. The van der Waals surface area contributed by atoms with E-state index in [2.05, 4.69) is 22.0 Å². The molecule has 6 heteroatoms. The van der Waals surface area contributed by atoms with Gasteiger partial charge in [-0.3, -0.25) is 10.00 Å². The molecule has 128 valence electrons. The number of piperidine rings is 1. The molecule has 0 spiro atoms. The number of nitrogens with zero attached hydrogens (tertiary/aromatic N) is 2. The van der Waals surface area contributed by atoms with Crippen molar-refractivity contribution in [2.45, 2.75) is 38.8 Å². The van der Waals surface area contributed by atoms with E-state index in [1.54, 1.807) is 0 Å². The molecule has 0 bridgehead atoms. The lowest BCUT2D eigenvalue weighted by molar-refractivity contribution is -0.139. The lowest BCUT2D eigenvalue weighted by Crippen LogP contribution is -2.33. The Kier molecular flexibility index (Phi) is 5.15. The first-order valence-corrected chi connectivity index (χ1v) is 8.31. The molecule has 1 saturated heterocycles. The van der Waals surface area contributed by atoms with Crippen molar-refractivity contribution < 1.29 is 14.6 Å². The number of likely N-dealkylation sites (tertiary alicyclic amines) is 1. The summed E-state index contributed by atoms with van der Waals surface area (Å²) >= 11 is 0. The van der Waals surface area contributed by atoms with E-state index in [-0.39, 0.29) is 6.61 Å². The Hall–Kier alpha value is -2.34. The Balaban J connectivity index is 1.78. The van der Waals surface area contributed by atoms with Gasteiger partial charge in [-0.1, -0.05) is 24.6 Å². The Morgan fingerprint density at radius 2 is 2.25 bits per heavy atom. The molecule has 0 radical (unpaired) electrons. The standard InChI is InChI=1S/C18H23N3O3/c1-13-10-19-20-18(13)15-7-4-5-9-21(15)11-14-6-2-3-8-16(14)24-12-17(22)23/h2-3,6,8,10,15H,4-5,7,9,11-12H2,1H3,(H,19,20)(H,22,23)/t15-/m1/s1. The fraction of sp³-hybridized carbons (Fsp3) is 0.444. The van der Waals surface area contributed by atoms with Gasteiger partial charge in [0.2, 0.25) is 0 Å². The number of aryl methyl sites for hydroxylation is 1. The van der Waals surface area contributed by atoms with Gasteiger partial charge in [-0.05, 0) is 37.9 Å². The van der Waals surface area contributed by atoms with Gasteiger partial charge in [0.05, 0.1) is 17.9 Å². The van der Waals surface area contributed by atoms with Crippen molar-refractivity contribution in [1.82, 2.24) is 15.1 Å². The summed E-state index contributed by atoms with van der Waals surface area (Å²) in [5, 5.41) is 16.1. The number of aromatic nitrogens is 2. The fourth-order valence-corrected chi connectivity index (χ4v) is 3.33. The highest BCUT2D eigenvalue weighted by Gasteiger charge is 2.27. The summed E-state index contributed by atoms with van der Waals surface area (Å²) in [6.45, 7) is 3.50. The summed E-state index contributed by atoms with van der Waals surface area (Å²) in [5.74, 6) is -0.320. The van der Waals surface area contributed by atoms with Crippen molar-refractivity contribution in [3.8, 4) is 5.75 Å². The summed E-state index contributed by atoms with van der Waals surface area (Å²) in [5.41, 5.74) is 3.38. The third kappa shape index (κ3) is 3.76.